The predicted octanol–water partition coefficient (Wildman–Crippen LogP) is 1.72. The van der Waals surface area contributed by atoms with Crippen LogP contribution in [0, 0.1) is 0 Å². The maximum Gasteiger partial charge on any atom is 0.0570 e. The first-order valence-electron chi connectivity index (χ1n) is 4.50. The molecule has 0 aromatic carbocycles. The Morgan fingerprint density at radius 3 is 2.09 bits per heavy atom. The van der Waals surface area contributed by atoms with Gasteiger partial charge in [-0.1, -0.05) is 13.8 Å². The number of hydrogen-bond donors (Lipinski definition) is 2. The van der Waals surface area contributed by atoms with Gasteiger partial charge in [0.25, 0.3) is 0 Å². The molecule has 0 aromatic rings. The first-order chi connectivity index (χ1) is 5.05. The number of hydrogen-bond acceptors (Lipinski definition) is 2. The van der Waals surface area contributed by atoms with Gasteiger partial charge in [-0.15, -0.1) is 0 Å². The fraction of sp³-hybridized carbons (Fsp3) is 1.00. The fourth-order valence-corrected chi connectivity index (χ4v) is 0.952. The average molecular weight is 158 g/mol. The SMILES string of the molecule is CCC(NC)NC(C)(C)CC. The summed E-state index contributed by atoms with van der Waals surface area (Å²) in [4.78, 5) is 0. The average Bonchev–Trinajstić information content (AvgIpc) is 2.00. The number of nitrogens with one attached hydrogen (secondary N) is 2. The predicted molar refractivity (Wildman–Crippen MR) is 50.6 cm³/mol. The lowest BCUT2D eigenvalue weighted by Crippen LogP contribution is -2.50. The van der Waals surface area contributed by atoms with Crippen molar-refractivity contribution < 1.29 is 0 Å². The highest BCUT2D eigenvalue weighted by molar-refractivity contribution is 4.78. The molecule has 0 rings (SSSR count). The molecule has 2 N–H and O–H groups in total. The van der Waals surface area contributed by atoms with Gasteiger partial charge in [0.05, 0.1) is 6.17 Å². The Labute approximate surface area is 70.8 Å². The van der Waals surface area contributed by atoms with Crippen LogP contribution in [-0.4, -0.2) is 18.8 Å². The fourth-order valence-electron chi connectivity index (χ4n) is 0.952. The second kappa shape index (κ2) is 4.73. The third-order valence-electron chi connectivity index (χ3n) is 2.21. The van der Waals surface area contributed by atoms with Gasteiger partial charge >= 0.3 is 0 Å². The van der Waals surface area contributed by atoms with E-state index in [0.29, 0.717) is 6.17 Å². The van der Waals surface area contributed by atoms with Crippen LogP contribution in [0.2, 0.25) is 0 Å². The van der Waals surface area contributed by atoms with Crippen LogP contribution in [0.4, 0.5) is 0 Å². The van der Waals surface area contributed by atoms with Crippen molar-refractivity contribution in [2.45, 2.75) is 52.2 Å². The van der Waals surface area contributed by atoms with Crippen molar-refractivity contribution >= 4 is 0 Å². The van der Waals surface area contributed by atoms with E-state index in [1.807, 2.05) is 7.05 Å². The van der Waals surface area contributed by atoms with Gasteiger partial charge in [0.15, 0.2) is 0 Å². The summed E-state index contributed by atoms with van der Waals surface area (Å²) in [6, 6.07) is 0. The molecule has 0 radical (unpaired) electrons. The van der Waals surface area contributed by atoms with Gasteiger partial charge < -0.3 is 5.32 Å². The second-order valence-corrected chi connectivity index (χ2v) is 3.63. The maximum absolute atomic E-state index is 3.53. The molecule has 0 fully saturated rings. The van der Waals surface area contributed by atoms with Gasteiger partial charge in [0.2, 0.25) is 0 Å². The summed E-state index contributed by atoms with van der Waals surface area (Å²) < 4.78 is 0. The molecule has 1 unspecified atom stereocenters. The Bertz CT molecular complexity index is 95.7. The lowest BCUT2D eigenvalue weighted by atomic mass is 10.0. The smallest absolute Gasteiger partial charge is 0.0570 e. The molecule has 0 amide bonds. The molecule has 0 aliphatic carbocycles. The summed E-state index contributed by atoms with van der Waals surface area (Å²) in [7, 11) is 1.99. The summed E-state index contributed by atoms with van der Waals surface area (Å²) in [5.74, 6) is 0. The normalized spacial score (nSPS) is 15.0. The van der Waals surface area contributed by atoms with E-state index in [-0.39, 0.29) is 5.54 Å². The molecule has 2 heteroatoms. The van der Waals surface area contributed by atoms with E-state index in [2.05, 4.69) is 38.3 Å². The van der Waals surface area contributed by atoms with Crippen molar-refractivity contribution in [3.05, 3.63) is 0 Å². The van der Waals surface area contributed by atoms with E-state index in [1.54, 1.807) is 0 Å². The van der Waals surface area contributed by atoms with Crippen LogP contribution in [0.1, 0.15) is 40.5 Å². The Morgan fingerprint density at radius 1 is 1.27 bits per heavy atom. The largest absolute Gasteiger partial charge is 0.305 e. The maximum atomic E-state index is 3.53. The molecule has 0 aromatic heterocycles. The summed E-state index contributed by atoms with van der Waals surface area (Å²) >= 11 is 0. The monoisotopic (exact) mass is 158 g/mol. The molecule has 0 saturated heterocycles. The zero-order valence-electron chi connectivity index (χ0n) is 8.49. The zero-order chi connectivity index (χ0) is 8.91. The van der Waals surface area contributed by atoms with Crippen LogP contribution in [0.25, 0.3) is 0 Å². The molecule has 68 valence electrons. The Balaban J connectivity index is 3.79. The molecule has 0 bridgehead atoms. The van der Waals surface area contributed by atoms with Crippen LogP contribution in [0.5, 0.6) is 0 Å². The van der Waals surface area contributed by atoms with Crippen molar-refractivity contribution in [1.29, 1.82) is 0 Å². The molecule has 0 saturated carbocycles. The molecule has 0 spiro atoms. The zero-order valence-corrected chi connectivity index (χ0v) is 8.49. The van der Waals surface area contributed by atoms with Gasteiger partial charge in [-0.2, -0.15) is 0 Å². The molecule has 0 aliphatic heterocycles. The first kappa shape index (κ1) is 10.9. The van der Waals surface area contributed by atoms with E-state index in [1.165, 1.54) is 0 Å². The molecule has 0 heterocycles. The van der Waals surface area contributed by atoms with Crippen molar-refractivity contribution in [1.82, 2.24) is 10.6 Å². The molecule has 1 atom stereocenters. The van der Waals surface area contributed by atoms with Gasteiger partial charge in [0, 0.05) is 5.54 Å². The number of rotatable bonds is 5. The summed E-state index contributed by atoms with van der Waals surface area (Å²) in [6.45, 7) is 8.84. The first-order valence-corrected chi connectivity index (χ1v) is 4.50. The Morgan fingerprint density at radius 2 is 1.82 bits per heavy atom. The highest BCUT2D eigenvalue weighted by Crippen LogP contribution is 2.08. The minimum Gasteiger partial charge on any atom is -0.305 e. The summed E-state index contributed by atoms with van der Waals surface area (Å²) in [5.41, 5.74) is 0.254. The molecular weight excluding hydrogens is 136 g/mol. The van der Waals surface area contributed by atoms with Crippen molar-refractivity contribution in [2.75, 3.05) is 7.05 Å². The van der Waals surface area contributed by atoms with Crippen LogP contribution < -0.4 is 10.6 Å². The van der Waals surface area contributed by atoms with Crippen molar-refractivity contribution in [3.8, 4) is 0 Å². The second-order valence-electron chi connectivity index (χ2n) is 3.63. The molecular formula is C9H22N2. The highest BCUT2D eigenvalue weighted by atomic mass is 15.1. The van der Waals surface area contributed by atoms with E-state index in [0.717, 1.165) is 12.8 Å². The van der Waals surface area contributed by atoms with Crippen LogP contribution in [0.15, 0.2) is 0 Å². The van der Waals surface area contributed by atoms with E-state index in [9.17, 15) is 0 Å². The third-order valence-corrected chi connectivity index (χ3v) is 2.21. The van der Waals surface area contributed by atoms with E-state index < -0.39 is 0 Å². The molecule has 11 heavy (non-hydrogen) atoms. The minimum atomic E-state index is 0.254. The van der Waals surface area contributed by atoms with Gasteiger partial charge in [-0.3, -0.25) is 5.32 Å². The topological polar surface area (TPSA) is 24.1 Å². The summed E-state index contributed by atoms with van der Waals surface area (Å²) in [6.07, 6.45) is 2.73. The lowest BCUT2D eigenvalue weighted by molar-refractivity contribution is 0.295. The lowest BCUT2D eigenvalue weighted by Gasteiger charge is -2.30. The quantitative estimate of drug-likeness (QED) is 0.595. The van der Waals surface area contributed by atoms with Crippen LogP contribution >= 0.6 is 0 Å². The third kappa shape index (κ3) is 4.38. The van der Waals surface area contributed by atoms with Gasteiger partial charge in [-0.05, 0) is 33.7 Å². The van der Waals surface area contributed by atoms with Gasteiger partial charge in [-0.25, -0.2) is 0 Å². The van der Waals surface area contributed by atoms with E-state index in [4.69, 9.17) is 0 Å². The minimum absolute atomic E-state index is 0.254. The standard InChI is InChI=1S/C9H22N2/c1-6-8(10-5)11-9(3,4)7-2/h8,10-11H,6-7H2,1-5H3. The molecule has 2 nitrogen and oxygen atoms in total. The van der Waals surface area contributed by atoms with Crippen molar-refractivity contribution in [3.63, 3.8) is 0 Å². The Kier molecular flexibility index (Phi) is 4.69. The Hall–Kier alpha value is -0.0800. The van der Waals surface area contributed by atoms with Gasteiger partial charge in [0.1, 0.15) is 0 Å². The van der Waals surface area contributed by atoms with Crippen LogP contribution in [-0.2, 0) is 0 Å². The molecule has 0 aliphatic rings. The van der Waals surface area contributed by atoms with Crippen LogP contribution in [0.3, 0.4) is 0 Å². The van der Waals surface area contributed by atoms with Crippen molar-refractivity contribution in [2.24, 2.45) is 0 Å². The van der Waals surface area contributed by atoms with E-state index >= 15 is 0 Å². The highest BCUT2D eigenvalue weighted by Gasteiger charge is 2.17. The summed E-state index contributed by atoms with van der Waals surface area (Å²) in [5, 5.41) is 6.76.